The van der Waals surface area contributed by atoms with E-state index < -0.39 is 0 Å². The Morgan fingerprint density at radius 2 is 2.50 bits per heavy atom. The third kappa shape index (κ3) is 1.25. The molecule has 0 saturated carbocycles. The molecule has 0 heterocycles. The second kappa shape index (κ2) is 3.21. The van der Waals surface area contributed by atoms with Crippen LogP contribution in [0.1, 0.15) is 12.8 Å². The molecule has 0 spiro atoms. The molecule has 0 radical (unpaired) electrons. The number of allylic oxidation sites excluding steroid dienone is 1. The van der Waals surface area contributed by atoms with Crippen LogP contribution in [-0.4, -0.2) is 19.0 Å². The maximum atomic E-state index is 5.75. The van der Waals surface area contributed by atoms with Crippen molar-refractivity contribution in [2.75, 3.05) is 6.26 Å². The lowest BCUT2D eigenvalue weighted by Gasteiger charge is -2.02. The van der Waals surface area contributed by atoms with Crippen LogP contribution in [0, 0.1) is 0 Å². The van der Waals surface area contributed by atoms with Crippen LogP contribution in [0.3, 0.4) is 0 Å². The zero-order valence-electron chi connectivity index (χ0n) is 6.13. The van der Waals surface area contributed by atoms with E-state index in [1.54, 1.807) is 11.8 Å². The highest BCUT2D eigenvalue weighted by Gasteiger charge is 2.20. The molecule has 0 aromatic heterocycles. The first-order valence-corrected chi connectivity index (χ1v) is 4.51. The molecule has 1 aliphatic rings. The molecular formula is C7H12N2S. The summed E-state index contributed by atoms with van der Waals surface area (Å²) in [6.07, 6.45) is 4.17. The first kappa shape index (κ1) is 7.82. The number of aliphatic imine (C=N–C) groups is 1. The average Bonchev–Trinajstić information content (AvgIpc) is 2.30. The normalized spacial score (nSPS) is 25.6. The lowest BCUT2D eigenvalue weighted by molar-refractivity contribution is 0.747. The van der Waals surface area contributed by atoms with Crippen LogP contribution >= 0.6 is 11.8 Å². The van der Waals surface area contributed by atoms with Crippen LogP contribution in [0.4, 0.5) is 0 Å². The van der Waals surface area contributed by atoms with Crippen molar-refractivity contribution >= 4 is 18.5 Å². The molecular weight excluding hydrogens is 144 g/mol. The molecule has 1 unspecified atom stereocenters. The highest BCUT2D eigenvalue weighted by Crippen LogP contribution is 2.32. The van der Waals surface area contributed by atoms with Gasteiger partial charge in [-0.3, -0.25) is 4.99 Å². The van der Waals surface area contributed by atoms with Gasteiger partial charge in [-0.05, 0) is 25.8 Å². The van der Waals surface area contributed by atoms with Crippen LogP contribution in [0.15, 0.2) is 15.6 Å². The Morgan fingerprint density at radius 1 is 1.80 bits per heavy atom. The zero-order valence-corrected chi connectivity index (χ0v) is 6.95. The Hall–Kier alpha value is -0.280. The summed E-state index contributed by atoms with van der Waals surface area (Å²) in [5.41, 5.74) is 6.76. The van der Waals surface area contributed by atoms with Gasteiger partial charge in [-0.1, -0.05) is 0 Å². The third-order valence-electron chi connectivity index (χ3n) is 1.74. The fourth-order valence-electron chi connectivity index (χ4n) is 1.17. The number of hydrogen-bond acceptors (Lipinski definition) is 3. The summed E-state index contributed by atoms with van der Waals surface area (Å²) in [5.74, 6) is 0. The smallest absolute Gasteiger partial charge is 0.0658 e. The fraction of sp³-hybridized carbons (Fsp3) is 0.571. The Balaban J connectivity index is 2.80. The summed E-state index contributed by atoms with van der Waals surface area (Å²) in [5, 5.41) is 0. The van der Waals surface area contributed by atoms with E-state index in [-0.39, 0.29) is 6.04 Å². The Morgan fingerprint density at radius 3 is 2.90 bits per heavy atom. The quantitative estimate of drug-likeness (QED) is 0.613. The number of nitrogens with zero attached hydrogens (tertiary/aromatic N) is 1. The van der Waals surface area contributed by atoms with E-state index in [0.717, 1.165) is 18.5 Å². The van der Waals surface area contributed by atoms with Crippen molar-refractivity contribution in [3.8, 4) is 0 Å². The summed E-state index contributed by atoms with van der Waals surface area (Å²) in [6.45, 7) is 3.49. The predicted octanol–water partition coefficient (Wildman–Crippen LogP) is 1.38. The summed E-state index contributed by atoms with van der Waals surface area (Å²) < 4.78 is 0. The Labute approximate surface area is 65.6 Å². The van der Waals surface area contributed by atoms with Gasteiger partial charge in [-0.2, -0.15) is 0 Å². The van der Waals surface area contributed by atoms with Crippen LogP contribution in [0.25, 0.3) is 0 Å². The number of rotatable bonds is 2. The fourth-order valence-corrected chi connectivity index (χ4v) is 1.92. The first-order valence-electron chi connectivity index (χ1n) is 3.29. The Bertz CT molecular complexity index is 174. The van der Waals surface area contributed by atoms with Gasteiger partial charge in [0.2, 0.25) is 0 Å². The second-order valence-corrected chi connectivity index (χ2v) is 3.22. The van der Waals surface area contributed by atoms with Crippen molar-refractivity contribution in [1.82, 2.24) is 0 Å². The summed E-state index contributed by atoms with van der Waals surface area (Å²) >= 11 is 1.73. The minimum Gasteiger partial charge on any atom is -0.323 e. The summed E-state index contributed by atoms with van der Waals surface area (Å²) in [6, 6.07) is 0.139. The van der Waals surface area contributed by atoms with Crippen molar-refractivity contribution in [2.45, 2.75) is 18.9 Å². The predicted molar refractivity (Wildman–Crippen MR) is 47.3 cm³/mol. The molecule has 3 heteroatoms. The standard InChI is InChI=1S/C7H12N2S/c1-9-7-5(8)3-4-6(7)10-2/h5H,1,3-4,8H2,2H3. The van der Waals surface area contributed by atoms with Crippen molar-refractivity contribution in [1.29, 1.82) is 0 Å². The van der Waals surface area contributed by atoms with Crippen LogP contribution in [-0.2, 0) is 0 Å². The maximum Gasteiger partial charge on any atom is 0.0658 e. The number of hydrogen-bond donors (Lipinski definition) is 1. The topological polar surface area (TPSA) is 38.4 Å². The lowest BCUT2D eigenvalue weighted by atomic mass is 10.2. The van der Waals surface area contributed by atoms with Gasteiger partial charge in [-0.25, -0.2) is 0 Å². The van der Waals surface area contributed by atoms with Crippen molar-refractivity contribution < 1.29 is 0 Å². The van der Waals surface area contributed by atoms with E-state index in [4.69, 9.17) is 5.73 Å². The highest BCUT2D eigenvalue weighted by atomic mass is 32.2. The van der Waals surface area contributed by atoms with Gasteiger partial charge in [0.05, 0.1) is 5.70 Å². The van der Waals surface area contributed by atoms with E-state index in [2.05, 4.69) is 18.0 Å². The third-order valence-corrected chi connectivity index (χ3v) is 2.64. The highest BCUT2D eigenvalue weighted by molar-refractivity contribution is 8.02. The molecule has 0 fully saturated rings. The van der Waals surface area contributed by atoms with Gasteiger partial charge in [0.15, 0.2) is 0 Å². The monoisotopic (exact) mass is 156 g/mol. The van der Waals surface area contributed by atoms with Crippen molar-refractivity contribution in [3.05, 3.63) is 10.6 Å². The summed E-state index contributed by atoms with van der Waals surface area (Å²) in [7, 11) is 0. The van der Waals surface area contributed by atoms with Crippen LogP contribution in [0.5, 0.6) is 0 Å². The molecule has 0 aromatic rings. The van der Waals surface area contributed by atoms with E-state index >= 15 is 0 Å². The molecule has 56 valence electrons. The molecule has 1 rings (SSSR count). The zero-order chi connectivity index (χ0) is 7.56. The molecule has 2 nitrogen and oxygen atoms in total. The molecule has 10 heavy (non-hydrogen) atoms. The molecule has 2 N–H and O–H groups in total. The van der Waals surface area contributed by atoms with Crippen molar-refractivity contribution in [2.24, 2.45) is 10.7 Å². The van der Waals surface area contributed by atoms with Gasteiger partial charge >= 0.3 is 0 Å². The van der Waals surface area contributed by atoms with Gasteiger partial charge in [0.1, 0.15) is 0 Å². The van der Waals surface area contributed by atoms with Gasteiger partial charge in [0.25, 0.3) is 0 Å². The van der Waals surface area contributed by atoms with Crippen LogP contribution < -0.4 is 5.73 Å². The molecule has 0 saturated heterocycles. The molecule has 1 atom stereocenters. The van der Waals surface area contributed by atoms with E-state index in [9.17, 15) is 0 Å². The largest absolute Gasteiger partial charge is 0.323 e. The maximum absolute atomic E-state index is 5.75. The lowest BCUT2D eigenvalue weighted by Crippen LogP contribution is -2.17. The summed E-state index contributed by atoms with van der Waals surface area (Å²) in [4.78, 5) is 5.21. The molecule has 0 aromatic carbocycles. The molecule has 1 aliphatic carbocycles. The Kier molecular flexibility index (Phi) is 2.51. The minimum absolute atomic E-state index is 0.139. The van der Waals surface area contributed by atoms with Gasteiger partial charge in [0, 0.05) is 10.9 Å². The van der Waals surface area contributed by atoms with Crippen LogP contribution in [0.2, 0.25) is 0 Å². The molecule has 0 amide bonds. The van der Waals surface area contributed by atoms with E-state index in [0.29, 0.717) is 0 Å². The van der Waals surface area contributed by atoms with E-state index in [1.807, 2.05) is 0 Å². The molecule has 0 bridgehead atoms. The van der Waals surface area contributed by atoms with Gasteiger partial charge in [-0.15, -0.1) is 11.8 Å². The number of thioether (sulfide) groups is 1. The van der Waals surface area contributed by atoms with Crippen molar-refractivity contribution in [3.63, 3.8) is 0 Å². The molecule has 0 aliphatic heterocycles. The van der Waals surface area contributed by atoms with E-state index in [1.165, 1.54) is 4.91 Å². The first-order chi connectivity index (χ1) is 4.79. The second-order valence-electron chi connectivity index (χ2n) is 2.32. The number of nitrogens with two attached hydrogens (primary N) is 1. The van der Waals surface area contributed by atoms with Gasteiger partial charge < -0.3 is 5.73 Å². The average molecular weight is 156 g/mol. The SMILES string of the molecule is C=NC1=C(SC)CCC1N. The minimum atomic E-state index is 0.139.